The van der Waals surface area contributed by atoms with Crippen LogP contribution in [0.15, 0.2) is 42.5 Å². The third-order valence-corrected chi connectivity index (χ3v) is 3.89. The molecule has 0 aliphatic carbocycles. The highest BCUT2D eigenvalue weighted by Gasteiger charge is 2.19. The van der Waals surface area contributed by atoms with Crippen LogP contribution in [-0.4, -0.2) is 23.9 Å². The molecule has 0 radical (unpaired) electrons. The van der Waals surface area contributed by atoms with E-state index in [9.17, 15) is 5.11 Å². The molecule has 0 amide bonds. The Balaban J connectivity index is 1.73. The predicted molar refractivity (Wildman–Crippen MR) is 77.2 cm³/mol. The lowest BCUT2D eigenvalue weighted by atomic mass is 9.97. The van der Waals surface area contributed by atoms with Crippen LogP contribution in [0.2, 0.25) is 0 Å². The van der Waals surface area contributed by atoms with E-state index in [1.165, 1.54) is 16.3 Å². The fraction of sp³-hybridized carbons (Fsp3) is 0.412. The lowest BCUT2D eigenvalue weighted by molar-refractivity contribution is 0.0542. The average Bonchev–Trinajstić information content (AvgIpc) is 2.92. The molecule has 2 unspecified atom stereocenters. The first-order chi connectivity index (χ1) is 9.33. The molecular weight excluding hydrogens is 236 g/mol. The molecule has 2 atom stereocenters. The van der Waals surface area contributed by atoms with Crippen molar-refractivity contribution in [3.05, 3.63) is 48.0 Å². The predicted octanol–water partition coefficient (Wildman–Crippen LogP) is 3.31. The van der Waals surface area contributed by atoms with Crippen LogP contribution in [0.4, 0.5) is 0 Å². The van der Waals surface area contributed by atoms with Gasteiger partial charge in [-0.1, -0.05) is 42.5 Å². The topological polar surface area (TPSA) is 29.5 Å². The maximum absolute atomic E-state index is 10.2. The maximum atomic E-state index is 10.2. The van der Waals surface area contributed by atoms with Gasteiger partial charge in [0.15, 0.2) is 0 Å². The highest BCUT2D eigenvalue weighted by Crippen LogP contribution is 2.23. The summed E-state index contributed by atoms with van der Waals surface area (Å²) in [6.07, 6.45) is 3.63. The number of hydrogen-bond donors (Lipinski definition) is 1. The number of ether oxygens (including phenoxy) is 1. The van der Waals surface area contributed by atoms with Crippen LogP contribution < -0.4 is 0 Å². The van der Waals surface area contributed by atoms with Crippen molar-refractivity contribution >= 4 is 10.8 Å². The molecule has 100 valence electrons. The molecule has 1 aliphatic heterocycles. The molecule has 19 heavy (non-hydrogen) atoms. The van der Waals surface area contributed by atoms with Gasteiger partial charge in [0.25, 0.3) is 0 Å². The van der Waals surface area contributed by atoms with Crippen LogP contribution >= 0.6 is 0 Å². The summed E-state index contributed by atoms with van der Waals surface area (Å²) in [5, 5.41) is 12.7. The molecule has 1 aliphatic rings. The summed E-state index contributed by atoms with van der Waals surface area (Å²) in [5.74, 6) is 0. The van der Waals surface area contributed by atoms with Gasteiger partial charge < -0.3 is 9.84 Å². The van der Waals surface area contributed by atoms with E-state index in [4.69, 9.17) is 4.74 Å². The Morgan fingerprint density at radius 1 is 1.16 bits per heavy atom. The maximum Gasteiger partial charge on any atom is 0.0605 e. The number of aliphatic hydroxyl groups is 1. The fourth-order valence-electron chi connectivity index (χ4n) is 2.94. The Bertz CT molecular complexity index is 538. The highest BCUT2D eigenvalue weighted by molar-refractivity contribution is 5.85. The zero-order valence-electron chi connectivity index (χ0n) is 11.1. The molecule has 1 saturated heterocycles. The fourth-order valence-corrected chi connectivity index (χ4v) is 2.94. The van der Waals surface area contributed by atoms with Crippen molar-refractivity contribution in [1.29, 1.82) is 0 Å². The van der Waals surface area contributed by atoms with E-state index in [2.05, 4.69) is 42.5 Å². The van der Waals surface area contributed by atoms with E-state index in [0.717, 1.165) is 25.9 Å². The molecule has 0 aromatic heterocycles. The molecule has 2 heteroatoms. The van der Waals surface area contributed by atoms with Gasteiger partial charge in [0, 0.05) is 6.61 Å². The third kappa shape index (κ3) is 2.96. The highest BCUT2D eigenvalue weighted by atomic mass is 16.5. The normalized spacial score (nSPS) is 20.8. The monoisotopic (exact) mass is 256 g/mol. The van der Waals surface area contributed by atoms with E-state index < -0.39 is 0 Å². The molecule has 3 rings (SSSR count). The summed E-state index contributed by atoms with van der Waals surface area (Å²) in [6, 6.07) is 14.6. The molecule has 0 spiro atoms. The van der Waals surface area contributed by atoms with E-state index in [0.29, 0.717) is 6.42 Å². The van der Waals surface area contributed by atoms with Crippen molar-refractivity contribution in [1.82, 2.24) is 0 Å². The van der Waals surface area contributed by atoms with Gasteiger partial charge in [-0.15, -0.1) is 0 Å². The minimum absolute atomic E-state index is 0.255. The quantitative estimate of drug-likeness (QED) is 0.909. The summed E-state index contributed by atoms with van der Waals surface area (Å²) in [5.41, 5.74) is 1.23. The van der Waals surface area contributed by atoms with Crippen molar-refractivity contribution in [3.8, 4) is 0 Å². The second-order valence-electron chi connectivity index (χ2n) is 5.37. The molecule has 2 aromatic carbocycles. The van der Waals surface area contributed by atoms with Gasteiger partial charge >= 0.3 is 0 Å². The molecule has 2 aromatic rings. The van der Waals surface area contributed by atoms with Crippen molar-refractivity contribution in [2.24, 2.45) is 0 Å². The second-order valence-corrected chi connectivity index (χ2v) is 5.37. The minimum atomic E-state index is -0.311. The lowest BCUT2D eigenvalue weighted by Gasteiger charge is -2.16. The molecule has 2 nitrogen and oxygen atoms in total. The number of aliphatic hydroxyl groups excluding tert-OH is 1. The summed E-state index contributed by atoms with van der Waals surface area (Å²) in [7, 11) is 0. The van der Waals surface area contributed by atoms with Crippen molar-refractivity contribution in [2.45, 2.75) is 37.9 Å². The molecule has 1 fully saturated rings. The van der Waals surface area contributed by atoms with Gasteiger partial charge in [-0.05, 0) is 42.0 Å². The molecular formula is C17H20O2. The van der Waals surface area contributed by atoms with Crippen molar-refractivity contribution in [2.75, 3.05) is 6.61 Å². The van der Waals surface area contributed by atoms with Crippen molar-refractivity contribution in [3.63, 3.8) is 0 Å². The van der Waals surface area contributed by atoms with E-state index in [1.54, 1.807) is 0 Å². The van der Waals surface area contributed by atoms with E-state index in [-0.39, 0.29) is 12.2 Å². The average molecular weight is 256 g/mol. The van der Waals surface area contributed by atoms with Gasteiger partial charge in [-0.25, -0.2) is 0 Å². The van der Waals surface area contributed by atoms with Gasteiger partial charge in [-0.3, -0.25) is 0 Å². The van der Waals surface area contributed by atoms with Gasteiger partial charge in [0.1, 0.15) is 0 Å². The number of fused-ring (bicyclic) bond motifs is 1. The van der Waals surface area contributed by atoms with Crippen molar-refractivity contribution < 1.29 is 9.84 Å². The smallest absolute Gasteiger partial charge is 0.0605 e. The second kappa shape index (κ2) is 5.72. The molecule has 0 bridgehead atoms. The van der Waals surface area contributed by atoms with Crippen LogP contribution in [0.5, 0.6) is 0 Å². The first kappa shape index (κ1) is 12.6. The van der Waals surface area contributed by atoms with Gasteiger partial charge in [0.2, 0.25) is 0 Å². The van der Waals surface area contributed by atoms with E-state index >= 15 is 0 Å². The first-order valence-electron chi connectivity index (χ1n) is 7.09. The number of rotatable bonds is 4. The lowest BCUT2D eigenvalue weighted by Crippen LogP contribution is -2.19. The van der Waals surface area contributed by atoms with Crippen LogP contribution in [0.3, 0.4) is 0 Å². The number of benzene rings is 2. The Labute approximate surface area is 114 Å². The molecule has 1 heterocycles. The third-order valence-electron chi connectivity index (χ3n) is 3.89. The number of hydrogen-bond acceptors (Lipinski definition) is 2. The summed E-state index contributed by atoms with van der Waals surface area (Å²) < 4.78 is 5.59. The largest absolute Gasteiger partial charge is 0.393 e. The summed E-state index contributed by atoms with van der Waals surface area (Å²) >= 11 is 0. The van der Waals surface area contributed by atoms with Crippen LogP contribution in [0.1, 0.15) is 24.8 Å². The zero-order valence-corrected chi connectivity index (χ0v) is 11.1. The molecule has 0 saturated carbocycles. The van der Waals surface area contributed by atoms with Crippen LogP contribution in [-0.2, 0) is 11.2 Å². The Morgan fingerprint density at radius 3 is 2.84 bits per heavy atom. The SMILES string of the molecule is OC(Cc1cccc2ccccc12)CC1CCCO1. The Morgan fingerprint density at radius 2 is 2.00 bits per heavy atom. The van der Waals surface area contributed by atoms with Gasteiger partial charge in [-0.2, -0.15) is 0 Å². The molecule has 1 N–H and O–H groups in total. The summed E-state index contributed by atoms with van der Waals surface area (Å²) in [6.45, 7) is 0.853. The van der Waals surface area contributed by atoms with Gasteiger partial charge in [0.05, 0.1) is 12.2 Å². The van der Waals surface area contributed by atoms with E-state index in [1.807, 2.05) is 0 Å². The Kier molecular flexibility index (Phi) is 3.81. The summed E-state index contributed by atoms with van der Waals surface area (Å²) in [4.78, 5) is 0. The first-order valence-corrected chi connectivity index (χ1v) is 7.09. The zero-order chi connectivity index (χ0) is 13.1. The minimum Gasteiger partial charge on any atom is -0.393 e. The standard InChI is InChI=1S/C17H20O2/c18-15(12-16-8-4-10-19-16)11-14-7-3-6-13-5-1-2-9-17(13)14/h1-3,5-7,9,15-16,18H,4,8,10-12H2. The Hall–Kier alpha value is -1.38. The van der Waals surface area contributed by atoms with Crippen LogP contribution in [0, 0.1) is 0 Å². The van der Waals surface area contributed by atoms with Crippen LogP contribution in [0.25, 0.3) is 10.8 Å².